The van der Waals surface area contributed by atoms with Crippen molar-refractivity contribution in [3.05, 3.63) is 67.3 Å². The molecule has 1 aromatic heterocycles. The topological polar surface area (TPSA) is 136 Å². The minimum atomic E-state index is -3.74. The Hall–Kier alpha value is -3.96. The van der Waals surface area contributed by atoms with Gasteiger partial charge in [0.2, 0.25) is 15.9 Å². The maximum Gasteiger partial charge on any atom is 0.259 e. The molecule has 1 aliphatic heterocycles. The number of fused-ring (bicyclic) bond motifs is 1. The maximum atomic E-state index is 13.3. The third-order valence-electron chi connectivity index (χ3n) is 8.00. The summed E-state index contributed by atoms with van der Waals surface area (Å²) in [7, 11) is -2.13. The van der Waals surface area contributed by atoms with Gasteiger partial charge in [-0.25, -0.2) is 13.4 Å². The Labute approximate surface area is 238 Å². The Morgan fingerprint density at radius 2 is 1.93 bits per heavy atom. The Morgan fingerprint density at radius 3 is 2.61 bits per heavy atom. The number of carbonyl (C=O) groups excluding carboxylic acids is 2. The molecule has 214 valence electrons. The van der Waals surface area contributed by atoms with Crippen LogP contribution in [0.4, 0.5) is 0 Å². The number of amides is 2. The fourth-order valence-electron chi connectivity index (χ4n) is 5.35. The first-order chi connectivity index (χ1) is 19.7. The van der Waals surface area contributed by atoms with E-state index in [2.05, 4.69) is 21.9 Å². The Morgan fingerprint density at radius 1 is 1.15 bits per heavy atom. The van der Waals surface area contributed by atoms with Gasteiger partial charge in [0.15, 0.2) is 0 Å². The van der Waals surface area contributed by atoms with Crippen LogP contribution >= 0.6 is 0 Å². The van der Waals surface area contributed by atoms with Crippen molar-refractivity contribution in [2.75, 3.05) is 13.7 Å². The number of nitrogens with one attached hydrogen (secondary N) is 3. The Kier molecular flexibility index (Phi) is 6.95. The molecule has 0 radical (unpaired) electrons. The summed E-state index contributed by atoms with van der Waals surface area (Å²) < 4.78 is 38.7. The number of carbonyl (C=O) groups is 2. The number of ether oxygens (including phenoxy) is 2. The minimum absolute atomic E-state index is 0.301. The van der Waals surface area contributed by atoms with Gasteiger partial charge in [0, 0.05) is 42.0 Å². The zero-order valence-electron chi connectivity index (χ0n) is 22.6. The van der Waals surface area contributed by atoms with Gasteiger partial charge in [0.25, 0.3) is 5.91 Å². The highest BCUT2D eigenvalue weighted by molar-refractivity contribution is 7.91. The molecule has 41 heavy (non-hydrogen) atoms. The van der Waals surface area contributed by atoms with E-state index in [-0.39, 0.29) is 17.9 Å². The van der Waals surface area contributed by atoms with Crippen molar-refractivity contribution in [3.63, 3.8) is 0 Å². The summed E-state index contributed by atoms with van der Waals surface area (Å²) in [5.74, 6) is -0.110. The van der Waals surface area contributed by atoms with Crippen molar-refractivity contribution < 1.29 is 27.5 Å². The number of aromatic nitrogens is 1. The third-order valence-corrected chi connectivity index (χ3v) is 9.82. The molecule has 0 bridgehead atoms. The number of rotatable bonds is 10. The number of hydrogen-bond donors (Lipinski definition) is 3. The van der Waals surface area contributed by atoms with Crippen LogP contribution in [0.25, 0.3) is 22.2 Å². The second-order valence-electron chi connectivity index (χ2n) is 10.9. The average molecular weight is 577 g/mol. The molecule has 3 aliphatic rings. The minimum Gasteiger partial charge on any atom is -0.497 e. The standard InChI is InChI=1S/C30H32N4O6S/c1-3-19-16-30(19,29(36)34-41(37,38)22-10-11-22)33-28(35)26-14-21(17-31-26)40-27-15-24(18-7-5-4-6-8-18)32-25-13-20(39-2)9-12-23(25)27/h3-9,12-13,15,19,21-22,26,31H,1,10-11,14,16-17H2,2H3,(H,33,35)(H,34,36)/t19-,21-,26?,30-/m1/s1. The van der Waals surface area contributed by atoms with Gasteiger partial charge in [-0.1, -0.05) is 36.4 Å². The van der Waals surface area contributed by atoms with Crippen LogP contribution in [0.15, 0.2) is 67.3 Å². The van der Waals surface area contributed by atoms with Crippen LogP contribution in [-0.4, -0.2) is 61.8 Å². The molecule has 10 nitrogen and oxygen atoms in total. The first kappa shape index (κ1) is 27.2. The summed E-state index contributed by atoms with van der Waals surface area (Å²) in [5.41, 5.74) is 1.10. The Balaban J connectivity index is 1.17. The van der Waals surface area contributed by atoms with E-state index in [1.165, 1.54) is 0 Å². The summed E-state index contributed by atoms with van der Waals surface area (Å²) in [6.07, 6.45) is 2.99. The second-order valence-corrected chi connectivity index (χ2v) is 12.8. The highest BCUT2D eigenvalue weighted by Crippen LogP contribution is 2.45. The molecular weight excluding hydrogens is 544 g/mol. The molecule has 1 saturated heterocycles. The highest BCUT2D eigenvalue weighted by Gasteiger charge is 2.61. The van der Waals surface area contributed by atoms with Crippen molar-refractivity contribution in [2.24, 2.45) is 5.92 Å². The maximum absolute atomic E-state index is 13.3. The summed E-state index contributed by atoms with van der Waals surface area (Å²) >= 11 is 0. The third kappa shape index (κ3) is 5.39. The van der Waals surface area contributed by atoms with E-state index in [4.69, 9.17) is 14.5 Å². The van der Waals surface area contributed by atoms with Gasteiger partial charge >= 0.3 is 0 Å². The van der Waals surface area contributed by atoms with Crippen molar-refractivity contribution >= 4 is 32.7 Å². The lowest BCUT2D eigenvalue weighted by atomic mass is 10.1. The number of sulfonamides is 1. The smallest absolute Gasteiger partial charge is 0.259 e. The zero-order valence-corrected chi connectivity index (χ0v) is 23.4. The fraction of sp³-hybridized carbons (Fsp3) is 0.367. The number of methoxy groups -OCH3 is 1. The van der Waals surface area contributed by atoms with Crippen LogP contribution in [0.1, 0.15) is 25.7 Å². The normalized spacial score (nSPS) is 25.3. The molecule has 6 rings (SSSR count). The molecule has 2 amide bonds. The lowest BCUT2D eigenvalue weighted by molar-refractivity contribution is -0.130. The molecule has 4 atom stereocenters. The van der Waals surface area contributed by atoms with E-state index >= 15 is 0 Å². The van der Waals surface area contributed by atoms with Crippen LogP contribution in [0.3, 0.4) is 0 Å². The lowest BCUT2D eigenvalue weighted by Gasteiger charge is -2.21. The van der Waals surface area contributed by atoms with Crippen molar-refractivity contribution in [1.82, 2.24) is 20.3 Å². The van der Waals surface area contributed by atoms with E-state index < -0.39 is 32.8 Å². The molecule has 2 aliphatic carbocycles. The van der Waals surface area contributed by atoms with E-state index in [9.17, 15) is 18.0 Å². The summed E-state index contributed by atoms with van der Waals surface area (Å²) in [6, 6.07) is 16.7. The van der Waals surface area contributed by atoms with Gasteiger partial charge in [0.1, 0.15) is 23.1 Å². The van der Waals surface area contributed by atoms with Gasteiger partial charge in [0.05, 0.1) is 29.6 Å². The molecule has 3 N–H and O–H groups in total. The molecule has 2 saturated carbocycles. The predicted octanol–water partition coefficient (Wildman–Crippen LogP) is 2.69. The number of nitrogens with zero attached hydrogens (tertiary/aromatic N) is 1. The first-order valence-corrected chi connectivity index (χ1v) is 15.2. The van der Waals surface area contributed by atoms with Crippen LogP contribution in [0.2, 0.25) is 0 Å². The number of pyridine rings is 1. The SMILES string of the molecule is C=C[C@@H]1C[C@]1(NC(=O)C1C[C@@H](Oc2cc(-c3ccccc3)nc3cc(OC)ccc23)CN1)C(=O)NS(=O)(=O)C1CC1. The number of hydrogen-bond acceptors (Lipinski definition) is 8. The van der Waals surface area contributed by atoms with Crippen LogP contribution in [0.5, 0.6) is 11.5 Å². The van der Waals surface area contributed by atoms with Crippen molar-refractivity contribution in [1.29, 1.82) is 0 Å². The monoisotopic (exact) mass is 576 g/mol. The van der Waals surface area contributed by atoms with Gasteiger partial charge in [-0.3, -0.25) is 14.3 Å². The summed E-state index contributed by atoms with van der Waals surface area (Å²) in [5, 5.41) is 6.29. The molecule has 0 spiro atoms. The predicted molar refractivity (Wildman–Crippen MR) is 154 cm³/mol. The molecular formula is C30H32N4O6S. The van der Waals surface area contributed by atoms with Crippen LogP contribution in [-0.2, 0) is 19.6 Å². The van der Waals surface area contributed by atoms with E-state index in [0.717, 1.165) is 22.2 Å². The second kappa shape index (κ2) is 10.5. The van der Waals surface area contributed by atoms with E-state index in [1.54, 1.807) is 13.2 Å². The Bertz CT molecular complexity index is 1620. The molecule has 3 aromatic rings. The van der Waals surface area contributed by atoms with Gasteiger partial charge in [-0.15, -0.1) is 6.58 Å². The van der Waals surface area contributed by atoms with E-state index in [1.807, 2.05) is 54.6 Å². The molecule has 2 aromatic carbocycles. The lowest BCUT2D eigenvalue weighted by Crippen LogP contribution is -2.55. The van der Waals surface area contributed by atoms with Crippen LogP contribution < -0.4 is 24.8 Å². The largest absolute Gasteiger partial charge is 0.497 e. The van der Waals surface area contributed by atoms with Gasteiger partial charge in [-0.2, -0.15) is 0 Å². The molecule has 3 fully saturated rings. The quantitative estimate of drug-likeness (QED) is 0.314. The average Bonchev–Trinajstić information content (AvgIpc) is 3.90. The molecule has 1 unspecified atom stereocenters. The van der Waals surface area contributed by atoms with Crippen molar-refractivity contribution in [3.8, 4) is 22.8 Å². The van der Waals surface area contributed by atoms with E-state index in [0.29, 0.717) is 43.7 Å². The molecule has 11 heteroatoms. The number of benzene rings is 2. The molecule has 2 heterocycles. The van der Waals surface area contributed by atoms with Crippen LogP contribution in [0, 0.1) is 5.92 Å². The van der Waals surface area contributed by atoms with Gasteiger partial charge in [-0.05, 0) is 31.4 Å². The van der Waals surface area contributed by atoms with Gasteiger partial charge < -0.3 is 20.1 Å². The highest BCUT2D eigenvalue weighted by atomic mass is 32.2. The summed E-state index contributed by atoms with van der Waals surface area (Å²) in [4.78, 5) is 31.1. The zero-order chi connectivity index (χ0) is 28.8. The summed E-state index contributed by atoms with van der Waals surface area (Å²) in [6.45, 7) is 4.16. The van der Waals surface area contributed by atoms with Crippen molar-refractivity contribution in [2.45, 2.75) is 48.6 Å². The first-order valence-electron chi connectivity index (χ1n) is 13.7. The fourth-order valence-corrected chi connectivity index (χ4v) is 6.72.